The van der Waals surface area contributed by atoms with Crippen molar-refractivity contribution < 1.29 is 0 Å². The first-order chi connectivity index (χ1) is 7.70. The van der Waals surface area contributed by atoms with Crippen LogP contribution >= 0.6 is 19.8 Å². The van der Waals surface area contributed by atoms with E-state index in [-0.39, 0.29) is 19.8 Å². The summed E-state index contributed by atoms with van der Waals surface area (Å²) >= 11 is -0.372. The van der Waals surface area contributed by atoms with Gasteiger partial charge in [-0.15, -0.1) is 0 Å². The molecule has 0 bridgehead atoms. The second kappa shape index (κ2) is 11.4. The summed E-state index contributed by atoms with van der Waals surface area (Å²) in [5, 5.41) is 0. The summed E-state index contributed by atoms with van der Waals surface area (Å²) < 4.78 is 3.16. The Hall–Kier alpha value is -0.0500. The van der Waals surface area contributed by atoms with Gasteiger partial charge in [-0.2, -0.15) is 0 Å². The molecule has 0 saturated carbocycles. The van der Waals surface area contributed by atoms with E-state index in [1.54, 1.807) is 8.86 Å². The summed E-state index contributed by atoms with van der Waals surface area (Å²) in [4.78, 5) is 2.52. The summed E-state index contributed by atoms with van der Waals surface area (Å²) in [5.41, 5.74) is 1.32. The second-order valence-corrected chi connectivity index (χ2v) is 10.4. The van der Waals surface area contributed by atoms with Gasteiger partial charge in [-0.3, -0.25) is 0 Å². The van der Waals surface area contributed by atoms with Crippen molar-refractivity contribution in [3.63, 3.8) is 0 Å². The quantitative estimate of drug-likeness (QED) is 0.504. The predicted octanol–water partition coefficient (Wildman–Crippen LogP) is 5.33. The first-order valence-electron chi connectivity index (χ1n) is 6.24. The minimum atomic E-state index is -0.372. The van der Waals surface area contributed by atoms with Crippen LogP contribution in [0.2, 0.25) is 0 Å². The monoisotopic (exact) mass is 334 g/mol. The standard InChI is InChI=1S/C8H19I.C7H8/c1-4-6-8-9(3)7-5-2;1-7-5-3-2-4-6-7/h4-8H2,1-3H3;2-6H,1H3. The van der Waals surface area contributed by atoms with E-state index in [4.69, 9.17) is 0 Å². The normalized spacial score (nSPS) is 10.4. The molecule has 0 N–H and O–H groups in total. The summed E-state index contributed by atoms with van der Waals surface area (Å²) in [5.74, 6) is 0. The topological polar surface area (TPSA) is 0 Å². The van der Waals surface area contributed by atoms with Gasteiger partial charge >= 0.3 is 66.7 Å². The molecule has 0 nitrogen and oxygen atoms in total. The third-order valence-corrected chi connectivity index (χ3v) is 7.79. The van der Waals surface area contributed by atoms with Crippen molar-refractivity contribution in [3.8, 4) is 0 Å². The summed E-state index contributed by atoms with van der Waals surface area (Å²) in [6.07, 6.45) is 4.30. The van der Waals surface area contributed by atoms with Crippen LogP contribution in [0.3, 0.4) is 0 Å². The summed E-state index contributed by atoms with van der Waals surface area (Å²) in [7, 11) is 0. The number of hydrogen-bond acceptors (Lipinski definition) is 0. The number of aryl methyl sites for hydroxylation is 1. The number of hydrogen-bond donors (Lipinski definition) is 0. The Morgan fingerprint density at radius 2 is 1.56 bits per heavy atom. The summed E-state index contributed by atoms with van der Waals surface area (Å²) in [6.45, 7) is 6.68. The molecule has 16 heavy (non-hydrogen) atoms. The molecule has 0 fully saturated rings. The zero-order valence-electron chi connectivity index (χ0n) is 11.3. The molecule has 0 aliphatic carbocycles. The average Bonchev–Trinajstić information content (AvgIpc) is 2.29. The van der Waals surface area contributed by atoms with Gasteiger partial charge in [-0.25, -0.2) is 0 Å². The van der Waals surface area contributed by atoms with Crippen molar-refractivity contribution in [1.29, 1.82) is 0 Å². The maximum absolute atomic E-state index is 2.52. The maximum atomic E-state index is 2.52. The third kappa shape index (κ3) is 10.5. The van der Waals surface area contributed by atoms with Gasteiger partial charge < -0.3 is 0 Å². The molecule has 0 aliphatic heterocycles. The first-order valence-corrected chi connectivity index (χ1v) is 11.4. The van der Waals surface area contributed by atoms with E-state index in [2.05, 4.69) is 37.8 Å². The Labute approximate surface area is 109 Å². The van der Waals surface area contributed by atoms with E-state index >= 15 is 0 Å². The SMILES string of the molecule is CCCCI(C)CCC.Cc1ccccc1. The van der Waals surface area contributed by atoms with Crippen LogP contribution < -0.4 is 0 Å². The van der Waals surface area contributed by atoms with Crippen LogP contribution in [0.25, 0.3) is 0 Å². The number of alkyl halides is 3. The first kappa shape index (κ1) is 16.0. The minimum absolute atomic E-state index is 0.372. The van der Waals surface area contributed by atoms with Crippen LogP contribution in [-0.4, -0.2) is 13.8 Å². The fourth-order valence-electron chi connectivity index (χ4n) is 1.31. The van der Waals surface area contributed by atoms with E-state index < -0.39 is 0 Å². The zero-order chi connectivity index (χ0) is 12.2. The molecule has 1 heteroatoms. The van der Waals surface area contributed by atoms with Crippen LogP contribution in [0.1, 0.15) is 38.7 Å². The van der Waals surface area contributed by atoms with Crippen molar-refractivity contribution in [2.24, 2.45) is 0 Å². The van der Waals surface area contributed by atoms with Crippen molar-refractivity contribution in [2.45, 2.75) is 40.0 Å². The zero-order valence-corrected chi connectivity index (χ0v) is 13.5. The van der Waals surface area contributed by atoms with Gasteiger partial charge in [0.1, 0.15) is 0 Å². The van der Waals surface area contributed by atoms with E-state index in [1.165, 1.54) is 24.8 Å². The van der Waals surface area contributed by atoms with Gasteiger partial charge in [-0.1, -0.05) is 35.9 Å². The van der Waals surface area contributed by atoms with Gasteiger partial charge in [-0.05, 0) is 6.92 Å². The molecule has 0 aromatic heterocycles. The van der Waals surface area contributed by atoms with E-state index in [0.717, 1.165) is 0 Å². The molecule has 1 aromatic carbocycles. The molecular formula is C15H27I. The van der Waals surface area contributed by atoms with Crippen molar-refractivity contribution in [3.05, 3.63) is 35.9 Å². The Morgan fingerprint density at radius 1 is 0.938 bits per heavy atom. The molecule has 94 valence electrons. The Morgan fingerprint density at radius 3 is 1.94 bits per heavy atom. The average molecular weight is 334 g/mol. The van der Waals surface area contributed by atoms with Crippen LogP contribution in [0.15, 0.2) is 30.3 Å². The molecule has 0 atom stereocenters. The van der Waals surface area contributed by atoms with Gasteiger partial charge in [0.15, 0.2) is 0 Å². The third-order valence-electron chi connectivity index (χ3n) is 2.26. The van der Waals surface area contributed by atoms with E-state index in [0.29, 0.717) is 0 Å². The Bertz CT molecular complexity index is 230. The van der Waals surface area contributed by atoms with Crippen LogP contribution in [0.5, 0.6) is 0 Å². The molecule has 0 amide bonds. The molecule has 0 heterocycles. The van der Waals surface area contributed by atoms with Gasteiger partial charge in [0, 0.05) is 0 Å². The molecule has 1 rings (SSSR count). The smallest absolute Gasteiger partial charge is 0.0398 e. The number of unbranched alkanes of at least 4 members (excludes halogenated alkanes) is 1. The molecule has 0 saturated heterocycles. The molecule has 0 spiro atoms. The van der Waals surface area contributed by atoms with Crippen molar-refractivity contribution in [1.82, 2.24) is 0 Å². The van der Waals surface area contributed by atoms with Crippen LogP contribution in [0, 0.1) is 6.92 Å². The van der Waals surface area contributed by atoms with Gasteiger partial charge in [0.05, 0.1) is 0 Å². The van der Waals surface area contributed by atoms with Crippen molar-refractivity contribution >= 4 is 19.8 Å². The number of rotatable bonds is 5. The van der Waals surface area contributed by atoms with Crippen LogP contribution in [-0.2, 0) is 0 Å². The number of benzene rings is 1. The van der Waals surface area contributed by atoms with Gasteiger partial charge in [0.25, 0.3) is 0 Å². The van der Waals surface area contributed by atoms with Crippen molar-refractivity contribution in [2.75, 3.05) is 13.8 Å². The molecule has 0 unspecified atom stereocenters. The molecule has 0 aliphatic rings. The fraction of sp³-hybridized carbons (Fsp3) is 0.600. The van der Waals surface area contributed by atoms with E-state index in [9.17, 15) is 0 Å². The maximum Gasteiger partial charge on any atom is -0.0398 e. The van der Waals surface area contributed by atoms with Gasteiger partial charge in [0.2, 0.25) is 0 Å². The largest absolute Gasteiger partial charge is 0.0622 e. The minimum Gasteiger partial charge on any atom is -0.0622 e. The molecular weight excluding hydrogens is 307 g/mol. The molecule has 1 aromatic rings. The van der Waals surface area contributed by atoms with E-state index in [1.807, 2.05) is 18.2 Å². The van der Waals surface area contributed by atoms with Crippen LogP contribution in [0.4, 0.5) is 0 Å². The fourth-order valence-corrected chi connectivity index (χ4v) is 5.76. The predicted molar refractivity (Wildman–Crippen MR) is 86.1 cm³/mol. The Balaban J connectivity index is 0.000000288. The second-order valence-electron chi connectivity index (χ2n) is 4.11. The molecule has 0 radical (unpaired) electrons. The number of halogens is 1. The Kier molecular flexibility index (Phi) is 11.4. The summed E-state index contributed by atoms with van der Waals surface area (Å²) in [6, 6.07) is 10.3.